The standard InChI is InChI=1S/C15H23NO4S/c1-21-12-7-14(16)15(17)20-11-9-18-8-10-19-13-5-3-2-4-6-13/h2-6,14H,7-12,16H2,1H3/t14-/m0/s1. The summed E-state index contributed by atoms with van der Waals surface area (Å²) in [6.07, 6.45) is 2.61. The molecule has 0 saturated carbocycles. The summed E-state index contributed by atoms with van der Waals surface area (Å²) < 4.78 is 15.8. The zero-order valence-corrected chi connectivity index (χ0v) is 13.1. The SMILES string of the molecule is CSCC[C@H](N)C(=O)OCCOCCOc1ccccc1. The molecule has 0 amide bonds. The van der Waals surface area contributed by atoms with Crippen molar-refractivity contribution in [2.24, 2.45) is 5.73 Å². The zero-order valence-electron chi connectivity index (χ0n) is 12.3. The normalized spacial score (nSPS) is 11.9. The van der Waals surface area contributed by atoms with Crippen molar-refractivity contribution in [1.82, 2.24) is 0 Å². The molecule has 0 radical (unpaired) electrons. The third-order valence-corrected chi connectivity index (χ3v) is 3.29. The van der Waals surface area contributed by atoms with Gasteiger partial charge in [-0.25, -0.2) is 0 Å². The van der Waals surface area contributed by atoms with E-state index in [4.69, 9.17) is 19.9 Å². The number of thioether (sulfide) groups is 1. The summed E-state index contributed by atoms with van der Waals surface area (Å²) in [6.45, 7) is 1.48. The van der Waals surface area contributed by atoms with Gasteiger partial charge in [0.2, 0.25) is 0 Å². The summed E-state index contributed by atoms with van der Waals surface area (Å²) in [4.78, 5) is 11.5. The van der Waals surface area contributed by atoms with Gasteiger partial charge in [-0.05, 0) is 30.6 Å². The molecule has 0 aliphatic carbocycles. The van der Waals surface area contributed by atoms with E-state index in [1.807, 2.05) is 36.6 Å². The van der Waals surface area contributed by atoms with E-state index in [-0.39, 0.29) is 12.6 Å². The molecule has 0 aliphatic rings. The number of rotatable bonds is 11. The second-order valence-electron chi connectivity index (χ2n) is 4.33. The van der Waals surface area contributed by atoms with Crippen molar-refractivity contribution >= 4 is 17.7 Å². The van der Waals surface area contributed by atoms with Crippen LogP contribution in [-0.4, -0.2) is 50.4 Å². The molecule has 118 valence electrons. The molecule has 1 aromatic rings. The van der Waals surface area contributed by atoms with Crippen LogP contribution in [0.5, 0.6) is 5.75 Å². The third-order valence-electron chi connectivity index (χ3n) is 2.65. The van der Waals surface area contributed by atoms with Crippen LogP contribution in [0.4, 0.5) is 0 Å². The Morgan fingerprint density at radius 3 is 2.62 bits per heavy atom. The highest BCUT2D eigenvalue weighted by atomic mass is 32.2. The van der Waals surface area contributed by atoms with E-state index >= 15 is 0 Å². The topological polar surface area (TPSA) is 70.8 Å². The average Bonchev–Trinajstić information content (AvgIpc) is 2.52. The average molecular weight is 313 g/mol. The first kappa shape index (κ1) is 17.8. The first-order valence-corrected chi connectivity index (χ1v) is 8.30. The number of para-hydroxylation sites is 1. The molecule has 1 rings (SSSR count). The molecule has 0 saturated heterocycles. The second-order valence-corrected chi connectivity index (χ2v) is 5.31. The van der Waals surface area contributed by atoms with E-state index < -0.39 is 6.04 Å². The monoisotopic (exact) mass is 313 g/mol. The molecule has 2 N–H and O–H groups in total. The maximum absolute atomic E-state index is 11.5. The van der Waals surface area contributed by atoms with Gasteiger partial charge in [0.1, 0.15) is 25.0 Å². The number of carbonyl (C=O) groups excluding carboxylic acids is 1. The lowest BCUT2D eigenvalue weighted by Gasteiger charge is -2.11. The lowest BCUT2D eigenvalue weighted by molar-refractivity contribution is -0.146. The van der Waals surface area contributed by atoms with Gasteiger partial charge in [-0.1, -0.05) is 18.2 Å². The Bertz CT molecular complexity index is 389. The van der Waals surface area contributed by atoms with Crippen LogP contribution in [0.3, 0.4) is 0 Å². The van der Waals surface area contributed by atoms with Crippen molar-refractivity contribution in [3.05, 3.63) is 30.3 Å². The van der Waals surface area contributed by atoms with Gasteiger partial charge < -0.3 is 19.9 Å². The molecule has 6 heteroatoms. The predicted molar refractivity (Wildman–Crippen MR) is 84.7 cm³/mol. The van der Waals surface area contributed by atoms with Crippen LogP contribution in [0, 0.1) is 0 Å². The highest BCUT2D eigenvalue weighted by Gasteiger charge is 2.13. The van der Waals surface area contributed by atoms with Crippen molar-refractivity contribution < 1.29 is 19.0 Å². The van der Waals surface area contributed by atoms with E-state index in [0.717, 1.165) is 11.5 Å². The highest BCUT2D eigenvalue weighted by Crippen LogP contribution is 2.07. The minimum atomic E-state index is -0.543. The summed E-state index contributed by atoms with van der Waals surface area (Å²) >= 11 is 1.66. The van der Waals surface area contributed by atoms with E-state index in [2.05, 4.69) is 0 Å². The van der Waals surface area contributed by atoms with Gasteiger partial charge in [-0.2, -0.15) is 11.8 Å². The molecular weight excluding hydrogens is 290 g/mol. The quantitative estimate of drug-likeness (QED) is 0.495. The van der Waals surface area contributed by atoms with E-state index in [9.17, 15) is 4.79 Å². The molecule has 1 atom stereocenters. The van der Waals surface area contributed by atoms with Gasteiger partial charge in [0.15, 0.2) is 0 Å². The van der Waals surface area contributed by atoms with Gasteiger partial charge in [0.25, 0.3) is 0 Å². The smallest absolute Gasteiger partial charge is 0.323 e. The minimum Gasteiger partial charge on any atom is -0.491 e. The molecule has 0 heterocycles. The molecule has 1 aromatic carbocycles. The van der Waals surface area contributed by atoms with Crippen molar-refractivity contribution in [2.75, 3.05) is 38.4 Å². The largest absolute Gasteiger partial charge is 0.491 e. The lowest BCUT2D eigenvalue weighted by atomic mass is 10.2. The minimum absolute atomic E-state index is 0.219. The van der Waals surface area contributed by atoms with Crippen molar-refractivity contribution in [1.29, 1.82) is 0 Å². The Labute approximate surface area is 130 Å². The number of ether oxygens (including phenoxy) is 3. The number of nitrogens with two attached hydrogens (primary N) is 1. The first-order chi connectivity index (χ1) is 10.2. The Morgan fingerprint density at radius 2 is 1.90 bits per heavy atom. The van der Waals surface area contributed by atoms with Crippen LogP contribution >= 0.6 is 11.8 Å². The van der Waals surface area contributed by atoms with Crippen molar-refractivity contribution in [2.45, 2.75) is 12.5 Å². The van der Waals surface area contributed by atoms with Gasteiger partial charge in [-0.15, -0.1) is 0 Å². The molecule has 0 bridgehead atoms. The molecule has 0 fully saturated rings. The van der Waals surface area contributed by atoms with Crippen LogP contribution in [0.1, 0.15) is 6.42 Å². The molecule has 0 aliphatic heterocycles. The van der Waals surface area contributed by atoms with Crippen LogP contribution in [0.15, 0.2) is 30.3 Å². The molecule has 21 heavy (non-hydrogen) atoms. The number of carbonyl (C=O) groups is 1. The van der Waals surface area contributed by atoms with Gasteiger partial charge in [0.05, 0.1) is 13.2 Å². The van der Waals surface area contributed by atoms with Crippen LogP contribution in [0.2, 0.25) is 0 Å². The van der Waals surface area contributed by atoms with E-state index in [1.54, 1.807) is 11.8 Å². The molecule has 0 unspecified atom stereocenters. The summed E-state index contributed by atoms with van der Waals surface area (Å²) in [5.74, 6) is 1.30. The Kier molecular flexibility index (Phi) is 9.69. The molecular formula is C15H23NO4S. The molecule has 0 aromatic heterocycles. The highest BCUT2D eigenvalue weighted by molar-refractivity contribution is 7.98. The van der Waals surface area contributed by atoms with Crippen LogP contribution < -0.4 is 10.5 Å². The molecule has 0 spiro atoms. The van der Waals surface area contributed by atoms with Crippen molar-refractivity contribution in [3.63, 3.8) is 0 Å². The summed E-state index contributed by atoms with van der Waals surface area (Å²) in [5, 5.41) is 0. The van der Waals surface area contributed by atoms with Crippen LogP contribution in [-0.2, 0) is 14.3 Å². The summed E-state index contributed by atoms with van der Waals surface area (Å²) in [5.41, 5.74) is 5.68. The fourth-order valence-electron chi connectivity index (χ4n) is 1.51. The first-order valence-electron chi connectivity index (χ1n) is 6.90. The molecule has 5 nitrogen and oxygen atoms in total. The Hall–Kier alpha value is -1.24. The lowest BCUT2D eigenvalue weighted by Crippen LogP contribution is -2.33. The Balaban J connectivity index is 1.96. The fourth-order valence-corrected chi connectivity index (χ4v) is 2.00. The fraction of sp³-hybridized carbons (Fsp3) is 0.533. The number of hydrogen-bond donors (Lipinski definition) is 1. The van der Waals surface area contributed by atoms with Crippen molar-refractivity contribution in [3.8, 4) is 5.75 Å². The van der Waals surface area contributed by atoms with Gasteiger partial charge in [-0.3, -0.25) is 4.79 Å². The second kappa shape index (κ2) is 11.4. The predicted octanol–water partition coefficient (Wildman–Crippen LogP) is 1.71. The Morgan fingerprint density at radius 1 is 1.19 bits per heavy atom. The number of benzene rings is 1. The third kappa shape index (κ3) is 8.60. The summed E-state index contributed by atoms with van der Waals surface area (Å²) in [6, 6.07) is 8.99. The van der Waals surface area contributed by atoms with Gasteiger partial charge in [0, 0.05) is 0 Å². The summed E-state index contributed by atoms with van der Waals surface area (Å²) in [7, 11) is 0. The van der Waals surface area contributed by atoms with Gasteiger partial charge >= 0.3 is 5.97 Å². The maximum atomic E-state index is 11.5. The number of hydrogen-bond acceptors (Lipinski definition) is 6. The maximum Gasteiger partial charge on any atom is 0.323 e. The van der Waals surface area contributed by atoms with E-state index in [1.165, 1.54) is 0 Å². The van der Waals surface area contributed by atoms with E-state index in [0.29, 0.717) is 26.2 Å². The zero-order chi connectivity index (χ0) is 15.3. The number of esters is 1. The van der Waals surface area contributed by atoms with Crippen LogP contribution in [0.25, 0.3) is 0 Å².